The molecule has 2 N–H and O–H groups in total. The highest BCUT2D eigenvalue weighted by molar-refractivity contribution is 6.30. The SMILES string of the molecule is O=C(CC(=O)Nc1cccc(Cl)c1)NCc1ccncc1. The Labute approximate surface area is 127 Å². The predicted molar refractivity (Wildman–Crippen MR) is 80.8 cm³/mol. The van der Waals surface area contributed by atoms with Crippen molar-refractivity contribution in [3.63, 3.8) is 0 Å². The summed E-state index contributed by atoms with van der Waals surface area (Å²) < 4.78 is 0. The zero-order valence-electron chi connectivity index (χ0n) is 11.2. The number of benzene rings is 1. The van der Waals surface area contributed by atoms with Gasteiger partial charge in [-0.3, -0.25) is 14.6 Å². The number of anilines is 1. The third-order valence-corrected chi connectivity index (χ3v) is 2.90. The molecule has 0 unspecified atom stereocenters. The summed E-state index contributed by atoms with van der Waals surface area (Å²) in [6.45, 7) is 0.367. The van der Waals surface area contributed by atoms with E-state index < -0.39 is 0 Å². The van der Waals surface area contributed by atoms with E-state index in [1.54, 1.807) is 48.8 Å². The molecule has 1 aromatic carbocycles. The van der Waals surface area contributed by atoms with E-state index in [4.69, 9.17) is 11.6 Å². The van der Waals surface area contributed by atoms with E-state index in [0.717, 1.165) is 5.56 Å². The maximum atomic E-state index is 11.7. The normalized spacial score (nSPS) is 9.95. The average molecular weight is 304 g/mol. The lowest BCUT2D eigenvalue weighted by Gasteiger charge is -2.07. The number of carbonyl (C=O) groups excluding carboxylic acids is 2. The van der Waals surface area contributed by atoms with E-state index in [-0.39, 0.29) is 18.2 Å². The molecule has 1 heterocycles. The van der Waals surface area contributed by atoms with E-state index in [0.29, 0.717) is 17.3 Å². The maximum absolute atomic E-state index is 11.7. The number of nitrogens with zero attached hydrogens (tertiary/aromatic N) is 1. The van der Waals surface area contributed by atoms with Gasteiger partial charge in [-0.25, -0.2) is 0 Å². The fourth-order valence-electron chi connectivity index (χ4n) is 1.68. The molecule has 0 spiro atoms. The van der Waals surface area contributed by atoms with Crippen molar-refractivity contribution in [2.75, 3.05) is 5.32 Å². The van der Waals surface area contributed by atoms with Crippen molar-refractivity contribution in [2.45, 2.75) is 13.0 Å². The number of rotatable bonds is 5. The number of nitrogens with one attached hydrogen (secondary N) is 2. The number of pyridine rings is 1. The minimum Gasteiger partial charge on any atom is -0.352 e. The summed E-state index contributed by atoms with van der Waals surface area (Å²) in [5.74, 6) is -0.726. The van der Waals surface area contributed by atoms with Gasteiger partial charge in [0.05, 0.1) is 0 Å². The van der Waals surface area contributed by atoms with Crippen LogP contribution in [0.4, 0.5) is 5.69 Å². The van der Waals surface area contributed by atoms with Crippen LogP contribution in [0.3, 0.4) is 0 Å². The summed E-state index contributed by atoms with van der Waals surface area (Å²) in [5.41, 5.74) is 1.49. The van der Waals surface area contributed by atoms with Gasteiger partial charge in [0.2, 0.25) is 11.8 Å². The van der Waals surface area contributed by atoms with E-state index in [1.165, 1.54) is 0 Å². The van der Waals surface area contributed by atoms with Gasteiger partial charge in [0, 0.05) is 29.6 Å². The zero-order valence-corrected chi connectivity index (χ0v) is 11.9. The lowest BCUT2D eigenvalue weighted by Crippen LogP contribution is -2.27. The monoisotopic (exact) mass is 303 g/mol. The standard InChI is InChI=1S/C15H14ClN3O2/c16-12-2-1-3-13(8-12)19-15(21)9-14(20)18-10-11-4-6-17-7-5-11/h1-8H,9-10H2,(H,18,20)(H,19,21). The van der Waals surface area contributed by atoms with Crippen LogP contribution < -0.4 is 10.6 Å². The Balaban J connectivity index is 1.78. The van der Waals surface area contributed by atoms with Crippen LogP contribution in [0.2, 0.25) is 5.02 Å². The Morgan fingerprint density at radius 1 is 1.10 bits per heavy atom. The van der Waals surface area contributed by atoms with Crippen LogP contribution in [0.1, 0.15) is 12.0 Å². The lowest BCUT2D eigenvalue weighted by molar-refractivity contribution is -0.126. The zero-order chi connectivity index (χ0) is 15.1. The first-order valence-corrected chi connectivity index (χ1v) is 6.72. The van der Waals surface area contributed by atoms with Crippen molar-refractivity contribution in [1.29, 1.82) is 0 Å². The molecule has 0 saturated heterocycles. The van der Waals surface area contributed by atoms with Crippen molar-refractivity contribution in [3.8, 4) is 0 Å². The molecule has 2 aromatic rings. The largest absolute Gasteiger partial charge is 0.352 e. The van der Waals surface area contributed by atoms with E-state index >= 15 is 0 Å². The molecule has 0 saturated carbocycles. The molecule has 1 aromatic heterocycles. The Morgan fingerprint density at radius 2 is 1.86 bits per heavy atom. The highest BCUT2D eigenvalue weighted by Crippen LogP contribution is 2.14. The van der Waals surface area contributed by atoms with Crippen LogP contribution in [-0.2, 0) is 16.1 Å². The third kappa shape index (κ3) is 5.24. The molecule has 5 nitrogen and oxygen atoms in total. The van der Waals surface area contributed by atoms with Gasteiger partial charge in [0.25, 0.3) is 0 Å². The first kappa shape index (κ1) is 15.0. The van der Waals surface area contributed by atoms with Gasteiger partial charge < -0.3 is 10.6 Å². The van der Waals surface area contributed by atoms with Gasteiger partial charge in [-0.15, -0.1) is 0 Å². The molecular formula is C15H14ClN3O2. The number of hydrogen-bond acceptors (Lipinski definition) is 3. The van der Waals surface area contributed by atoms with Gasteiger partial charge in [-0.1, -0.05) is 17.7 Å². The Kier molecular flexibility index (Phi) is 5.29. The van der Waals surface area contributed by atoms with Crippen LogP contribution >= 0.6 is 11.6 Å². The Hall–Kier alpha value is -2.40. The van der Waals surface area contributed by atoms with Crippen LogP contribution in [0.15, 0.2) is 48.8 Å². The van der Waals surface area contributed by atoms with Crippen molar-refractivity contribution in [1.82, 2.24) is 10.3 Å². The van der Waals surface area contributed by atoms with E-state index in [9.17, 15) is 9.59 Å². The van der Waals surface area contributed by atoms with Gasteiger partial charge in [0.15, 0.2) is 0 Å². The Bertz CT molecular complexity index is 632. The summed E-state index contributed by atoms with van der Waals surface area (Å²) in [6, 6.07) is 10.4. The molecule has 2 rings (SSSR count). The summed E-state index contributed by atoms with van der Waals surface area (Å²) in [7, 11) is 0. The second-order valence-corrected chi connectivity index (χ2v) is 4.80. The maximum Gasteiger partial charge on any atom is 0.233 e. The number of hydrogen-bond donors (Lipinski definition) is 2. The van der Waals surface area contributed by atoms with Crippen molar-refractivity contribution in [3.05, 3.63) is 59.4 Å². The summed E-state index contributed by atoms with van der Waals surface area (Å²) in [4.78, 5) is 27.3. The number of halogens is 1. The minimum absolute atomic E-state index is 0.238. The third-order valence-electron chi connectivity index (χ3n) is 2.67. The number of aromatic nitrogens is 1. The van der Waals surface area contributed by atoms with Gasteiger partial charge >= 0.3 is 0 Å². The molecule has 0 fully saturated rings. The van der Waals surface area contributed by atoms with Gasteiger partial charge in [-0.2, -0.15) is 0 Å². The number of amides is 2. The molecule has 0 radical (unpaired) electrons. The first-order chi connectivity index (χ1) is 10.1. The molecule has 0 aliphatic carbocycles. The molecule has 108 valence electrons. The predicted octanol–water partition coefficient (Wildman–Crippen LogP) is 2.38. The van der Waals surface area contributed by atoms with E-state index in [1.807, 2.05) is 0 Å². The summed E-state index contributed by atoms with van der Waals surface area (Å²) >= 11 is 5.82. The molecule has 2 amide bonds. The lowest BCUT2D eigenvalue weighted by atomic mass is 10.2. The fraction of sp³-hybridized carbons (Fsp3) is 0.133. The molecule has 0 aliphatic heterocycles. The van der Waals surface area contributed by atoms with Crippen LogP contribution in [0.5, 0.6) is 0 Å². The highest BCUT2D eigenvalue weighted by atomic mass is 35.5. The highest BCUT2D eigenvalue weighted by Gasteiger charge is 2.09. The minimum atomic E-state index is -0.385. The van der Waals surface area contributed by atoms with Crippen LogP contribution in [-0.4, -0.2) is 16.8 Å². The smallest absolute Gasteiger partial charge is 0.233 e. The second kappa shape index (κ2) is 7.40. The number of carbonyl (C=O) groups is 2. The molecule has 21 heavy (non-hydrogen) atoms. The second-order valence-electron chi connectivity index (χ2n) is 4.37. The fourth-order valence-corrected chi connectivity index (χ4v) is 1.87. The topological polar surface area (TPSA) is 71.1 Å². The van der Waals surface area contributed by atoms with E-state index in [2.05, 4.69) is 15.6 Å². The summed E-state index contributed by atoms with van der Waals surface area (Å²) in [6.07, 6.45) is 3.05. The van der Waals surface area contributed by atoms with Crippen LogP contribution in [0, 0.1) is 0 Å². The molecular weight excluding hydrogens is 290 g/mol. The summed E-state index contributed by atoms with van der Waals surface area (Å²) in [5, 5.41) is 5.81. The van der Waals surface area contributed by atoms with Crippen molar-refractivity contribution in [2.24, 2.45) is 0 Å². The van der Waals surface area contributed by atoms with Crippen LogP contribution in [0.25, 0.3) is 0 Å². The van der Waals surface area contributed by atoms with Gasteiger partial charge in [0.1, 0.15) is 6.42 Å². The van der Waals surface area contributed by atoms with Gasteiger partial charge in [-0.05, 0) is 35.9 Å². The average Bonchev–Trinajstić information content (AvgIpc) is 2.46. The quantitative estimate of drug-likeness (QED) is 0.833. The molecule has 0 bridgehead atoms. The molecule has 6 heteroatoms. The van der Waals surface area contributed by atoms with Crippen molar-refractivity contribution < 1.29 is 9.59 Å². The molecule has 0 aliphatic rings. The molecule has 0 atom stereocenters. The Morgan fingerprint density at radius 3 is 2.57 bits per heavy atom. The first-order valence-electron chi connectivity index (χ1n) is 6.34. The van der Waals surface area contributed by atoms with Crippen molar-refractivity contribution >= 4 is 29.1 Å².